The SMILES string of the molecule is CC1=CC(=O)CC=C1.CC1=CC=CC1.CC1=CCC(=O)C=C1.CC1=CCC=C1.CC1=CCC=C1.Cc1ccc2c(c1)C=CC2.Cc1ccccc1. The third-order valence-electron chi connectivity index (χ3n) is 7.99. The molecule has 8 rings (SSSR count). The lowest BCUT2D eigenvalue weighted by Crippen LogP contribution is -1.94. The van der Waals surface area contributed by atoms with Crippen molar-refractivity contribution >= 4 is 17.6 Å². The monoisotopic (exact) mass is 678 g/mol. The predicted molar refractivity (Wildman–Crippen MR) is 223 cm³/mol. The van der Waals surface area contributed by atoms with Crippen LogP contribution in [0.2, 0.25) is 0 Å². The van der Waals surface area contributed by atoms with Crippen LogP contribution >= 0.6 is 0 Å². The number of ketones is 2. The van der Waals surface area contributed by atoms with Gasteiger partial charge in [-0.3, -0.25) is 9.59 Å². The lowest BCUT2D eigenvalue weighted by atomic mass is 10.1. The maximum absolute atomic E-state index is 10.5. The van der Waals surface area contributed by atoms with Crippen molar-refractivity contribution in [2.45, 2.75) is 87.0 Å². The summed E-state index contributed by atoms with van der Waals surface area (Å²) >= 11 is 0. The number of hydrogen-bond acceptors (Lipinski definition) is 2. The fourth-order valence-electron chi connectivity index (χ4n) is 4.95. The first-order valence-electron chi connectivity index (χ1n) is 18.0. The van der Waals surface area contributed by atoms with Gasteiger partial charge in [-0.1, -0.05) is 173 Å². The van der Waals surface area contributed by atoms with Crippen molar-refractivity contribution in [1.29, 1.82) is 0 Å². The van der Waals surface area contributed by atoms with Gasteiger partial charge < -0.3 is 0 Å². The van der Waals surface area contributed by atoms with E-state index in [2.05, 4.69) is 132 Å². The number of allylic oxidation sites excluding steroid dienone is 21. The average Bonchev–Trinajstić information content (AvgIpc) is 3.96. The standard InChI is InChI=1S/C10H10.2C7H8O.C7H8.3C6H8/c1-8-5-6-9-3-2-4-10(9)7-8;1-6-2-4-7(8)5-3-6;1-6-3-2-4-7(8)5-6;1-7-5-3-2-4-6-7;3*1-6-4-2-3-5-6/h2,4-7H,3H2,1H3;2-4H,5H2,1H3;2-3,5H,4H2,1H3;2-6H,1H3;2*2,4-5H,3H2,1H3;2-4H,5H2,1H3. The normalized spacial score (nSPS) is 16.3. The van der Waals surface area contributed by atoms with Crippen LogP contribution in [-0.2, 0) is 16.0 Å². The maximum atomic E-state index is 10.5. The highest BCUT2D eigenvalue weighted by Crippen LogP contribution is 2.19. The molecule has 6 aliphatic rings. The molecule has 2 aromatic rings. The van der Waals surface area contributed by atoms with Gasteiger partial charge in [0.15, 0.2) is 11.6 Å². The maximum Gasteiger partial charge on any atom is 0.159 e. The second-order valence-electron chi connectivity index (χ2n) is 13.2. The zero-order valence-electron chi connectivity index (χ0n) is 32.0. The van der Waals surface area contributed by atoms with Crippen LogP contribution < -0.4 is 0 Å². The quantitative estimate of drug-likeness (QED) is 0.278. The molecule has 2 aromatic carbocycles. The Labute approximate surface area is 309 Å². The molecule has 0 saturated heterocycles. The van der Waals surface area contributed by atoms with Crippen LogP contribution in [0.4, 0.5) is 0 Å². The molecular weight excluding hydrogens is 621 g/mol. The van der Waals surface area contributed by atoms with E-state index in [1.165, 1.54) is 51.0 Å². The molecule has 0 saturated carbocycles. The van der Waals surface area contributed by atoms with Gasteiger partial charge in [-0.15, -0.1) is 0 Å². The Morgan fingerprint density at radius 3 is 1.47 bits per heavy atom. The number of hydrogen-bond donors (Lipinski definition) is 0. The molecule has 2 heteroatoms. The van der Waals surface area contributed by atoms with Crippen LogP contribution in [0.25, 0.3) is 6.08 Å². The third-order valence-corrected chi connectivity index (χ3v) is 7.99. The van der Waals surface area contributed by atoms with Gasteiger partial charge in [0.05, 0.1) is 0 Å². The molecule has 0 fully saturated rings. The number of benzene rings is 2. The molecule has 0 spiro atoms. The van der Waals surface area contributed by atoms with Crippen molar-refractivity contribution in [3.05, 3.63) is 196 Å². The smallest absolute Gasteiger partial charge is 0.159 e. The summed E-state index contributed by atoms with van der Waals surface area (Å²) in [5.74, 6) is 0.417. The molecule has 6 aliphatic carbocycles. The Morgan fingerprint density at radius 2 is 1.10 bits per heavy atom. The van der Waals surface area contributed by atoms with Crippen LogP contribution in [0.5, 0.6) is 0 Å². The molecule has 0 radical (unpaired) electrons. The second-order valence-corrected chi connectivity index (χ2v) is 13.2. The first-order chi connectivity index (χ1) is 24.5. The van der Waals surface area contributed by atoms with Crippen molar-refractivity contribution in [3.8, 4) is 0 Å². The minimum absolute atomic E-state index is 0.204. The summed E-state index contributed by atoms with van der Waals surface area (Å²) in [6.45, 7) is 14.5. The summed E-state index contributed by atoms with van der Waals surface area (Å²) in [6.07, 6.45) is 40.5. The molecule has 0 bridgehead atoms. The van der Waals surface area contributed by atoms with E-state index in [0.717, 1.165) is 24.8 Å². The summed E-state index contributed by atoms with van der Waals surface area (Å²) in [5, 5.41) is 0. The second kappa shape index (κ2) is 25.0. The van der Waals surface area contributed by atoms with Crippen molar-refractivity contribution in [2.75, 3.05) is 0 Å². The van der Waals surface area contributed by atoms with Gasteiger partial charge in [-0.2, -0.15) is 0 Å². The van der Waals surface area contributed by atoms with Gasteiger partial charge in [0.25, 0.3) is 0 Å². The minimum atomic E-state index is 0.204. The third kappa shape index (κ3) is 20.9. The highest BCUT2D eigenvalue weighted by Gasteiger charge is 2.02. The molecule has 51 heavy (non-hydrogen) atoms. The van der Waals surface area contributed by atoms with Gasteiger partial charge in [-0.05, 0) is 103 Å². The number of fused-ring (bicyclic) bond motifs is 1. The van der Waals surface area contributed by atoms with E-state index in [4.69, 9.17) is 0 Å². The fourth-order valence-corrected chi connectivity index (χ4v) is 4.95. The summed E-state index contributed by atoms with van der Waals surface area (Å²) in [4.78, 5) is 21.0. The van der Waals surface area contributed by atoms with Crippen molar-refractivity contribution in [3.63, 3.8) is 0 Å². The lowest BCUT2D eigenvalue weighted by Gasteiger charge is -1.97. The van der Waals surface area contributed by atoms with E-state index in [-0.39, 0.29) is 11.6 Å². The van der Waals surface area contributed by atoms with Gasteiger partial charge in [-0.25, -0.2) is 0 Å². The summed E-state index contributed by atoms with van der Waals surface area (Å²) in [7, 11) is 0. The first kappa shape index (κ1) is 42.1. The molecule has 0 aromatic heterocycles. The van der Waals surface area contributed by atoms with Gasteiger partial charge in [0, 0.05) is 12.8 Å². The number of carbonyl (C=O) groups excluding carboxylic acids is 2. The topological polar surface area (TPSA) is 34.1 Å². The molecule has 0 aliphatic heterocycles. The van der Waals surface area contributed by atoms with Crippen LogP contribution in [0.1, 0.15) is 89.0 Å². The van der Waals surface area contributed by atoms with Crippen molar-refractivity contribution in [2.24, 2.45) is 0 Å². The van der Waals surface area contributed by atoms with Crippen molar-refractivity contribution < 1.29 is 9.59 Å². The number of aryl methyl sites for hydroxylation is 2. The molecule has 2 nitrogen and oxygen atoms in total. The molecular formula is C49H58O2. The number of carbonyl (C=O) groups is 2. The Morgan fingerprint density at radius 1 is 0.471 bits per heavy atom. The van der Waals surface area contributed by atoms with Crippen molar-refractivity contribution in [1.82, 2.24) is 0 Å². The average molecular weight is 679 g/mol. The van der Waals surface area contributed by atoms with Crippen LogP contribution in [0, 0.1) is 13.8 Å². The number of rotatable bonds is 0. The van der Waals surface area contributed by atoms with Crippen LogP contribution in [0.3, 0.4) is 0 Å². The summed E-state index contributed by atoms with van der Waals surface area (Å²) in [6, 6.07) is 16.9. The van der Waals surface area contributed by atoms with E-state index in [9.17, 15) is 9.59 Å². The van der Waals surface area contributed by atoms with Crippen LogP contribution in [0.15, 0.2) is 174 Å². The highest BCUT2D eigenvalue weighted by atomic mass is 16.1. The Hall–Kier alpha value is -5.08. The van der Waals surface area contributed by atoms with Gasteiger partial charge in [0.1, 0.15) is 0 Å². The molecule has 0 amide bonds. The predicted octanol–water partition coefficient (Wildman–Crippen LogP) is 13.2. The molecule has 0 N–H and O–H groups in total. The highest BCUT2D eigenvalue weighted by molar-refractivity contribution is 5.93. The largest absolute Gasteiger partial charge is 0.295 e. The van der Waals surface area contributed by atoms with E-state index >= 15 is 0 Å². The van der Waals surface area contributed by atoms with Gasteiger partial charge in [0.2, 0.25) is 0 Å². The first-order valence-corrected chi connectivity index (χ1v) is 18.0. The molecule has 0 heterocycles. The Bertz CT molecular complexity index is 1720. The van der Waals surface area contributed by atoms with Crippen LogP contribution in [-0.4, -0.2) is 11.6 Å². The van der Waals surface area contributed by atoms with E-state index in [1.54, 1.807) is 12.2 Å². The molecule has 266 valence electrons. The lowest BCUT2D eigenvalue weighted by molar-refractivity contribution is -0.114. The van der Waals surface area contributed by atoms with Gasteiger partial charge >= 0.3 is 0 Å². The molecule has 0 unspecified atom stereocenters. The van der Waals surface area contributed by atoms with E-state index in [1.807, 2.05) is 56.4 Å². The van der Waals surface area contributed by atoms with E-state index in [0.29, 0.717) is 12.8 Å². The zero-order chi connectivity index (χ0) is 37.3. The summed E-state index contributed by atoms with van der Waals surface area (Å²) < 4.78 is 0. The van der Waals surface area contributed by atoms with E-state index < -0.39 is 0 Å². The minimum Gasteiger partial charge on any atom is -0.295 e. The Kier molecular flexibility index (Phi) is 20.6. The summed E-state index contributed by atoms with van der Waals surface area (Å²) in [5.41, 5.74) is 12.0. The Balaban J connectivity index is 0.000000208. The fraction of sp³-hybridized carbons (Fsp3) is 0.265. The zero-order valence-corrected chi connectivity index (χ0v) is 32.0. The molecule has 0 atom stereocenters.